The second-order valence-electron chi connectivity index (χ2n) is 16.0. The van der Waals surface area contributed by atoms with Crippen molar-refractivity contribution in [3.05, 3.63) is 35.9 Å². The summed E-state index contributed by atoms with van der Waals surface area (Å²) in [6, 6.07) is 7.39. The van der Waals surface area contributed by atoms with Crippen molar-refractivity contribution in [2.45, 2.75) is 134 Å². The van der Waals surface area contributed by atoms with Gasteiger partial charge in [0.15, 0.2) is 0 Å². The van der Waals surface area contributed by atoms with E-state index < -0.39 is 58.9 Å². The number of nitrogens with two attached hydrogens (primary N) is 1. The molecule has 3 rings (SSSR count). The number of hydrogen-bond donors (Lipinski definition) is 3. The fourth-order valence-electron chi connectivity index (χ4n) is 8.15. The van der Waals surface area contributed by atoms with E-state index in [1.165, 1.54) is 7.11 Å². The maximum atomic E-state index is 14.2. The van der Waals surface area contributed by atoms with Crippen LogP contribution in [-0.2, 0) is 43.6 Å². The number of benzene rings is 1. The van der Waals surface area contributed by atoms with Crippen molar-refractivity contribution in [2.75, 3.05) is 34.9 Å². The van der Waals surface area contributed by atoms with Gasteiger partial charge in [0.2, 0.25) is 23.6 Å². The van der Waals surface area contributed by atoms with Gasteiger partial charge in [0, 0.05) is 32.2 Å². The molecule has 0 radical (unpaired) electrons. The number of carbonyl (C=O) groups is 5. The fourth-order valence-corrected chi connectivity index (χ4v) is 8.15. The number of esters is 1. The number of nitrogens with zero attached hydrogens (tertiary/aromatic N) is 2. The third kappa shape index (κ3) is 10.2. The molecule has 1 saturated carbocycles. The highest BCUT2D eigenvalue weighted by Gasteiger charge is 2.55. The standard InChI is InChI=1S/C40H65N5O8/c1-12-25(4)32(44(8)31(24(2)3)36(48)43-38(50)39(6,7)41)29(51-9)23-30(46)45-22-16-19-28(45)33(52-10)26(5)35(47)42-34(37(49)53-11)40(20-21-40)27-17-14-13-15-18-27/h13-15,17-18,24-26,28-29,31-34H,12,16,19-23,41H2,1-11H3,(H,42,47)(H,43,48,50)/t25-,26+,28-,29+,31-,32-,33+,34+/m0/s1. The summed E-state index contributed by atoms with van der Waals surface area (Å²) in [5.74, 6) is -2.87. The lowest BCUT2D eigenvalue weighted by Gasteiger charge is -2.43. The van der Waals surface area contributed by atoms with Crippen LogP contribution in [0.3, 0.4) is 0 Å². The van der Waals surface area contributed by atoms with Crippen molar-refractivity contribution in [3.63, 3.8) is 0 Å². The van der Waals surface area contributed by atoms with Crippen LogP contribution in [0.1, 0.15) is 92.6 Å². The smallest absolute Gasteiger partial charge is 0.329 e. The van der Waals surface area contributed by atoms with Crippen LogP contribution in [-0.4, -0.2) is 116 Å². The third-order valence-corrected chi connectivity index (χ3v) is 11.5. The number of imide groups is 1. The van der Waals surface area contributed by atoms with E-state index in [1.807, 2.05) is 63.1 Å². The number of amides is 4. The topological polar surface area (TPSA) is 170 Å². The van der Waals surface area contributed by atoms with Crippen molar-refractivity contribution >= 4 is 29.6 Å². The van der Waals surface area contributed by atoms with Gasteiger partial charge in [0.25, 0.3) is 0 Å². The first-order valence-electron chi connectivity index (χ1n) is 19.0. The minimum atomic E-state index is -1.23. The largest absolute Gasteiger partial charge is 0.467 e. The summed E-state index contributed by atoms with van der Waals surface area (Å²) >= 11 is 0. The molecule has 4 N–H and O–H groups in total. The highest BCUT2D eigenvalue weighted by atomic mass is 16.5. The van der Waals surface area contributed by atoms with Crippen LogP contribution in [0.2, 0.25) is 0 Å². The van der Waals surface area contributed by atoms with E-state index in [4.69, 9.17) is 19.9 Å². The molecule has 8 atom stereocenters. The molecule has 0 unspecified atom stereocenters. The van der Waals surface area contributed by atoms with Crippen molar-refractivity contribution in [1.82, 2.24) is 20.4 Å². The molecule has 0 spiro atoms. The third-order valence-electron chi connectivity index (χ3n) is 11.5. The number of rotatable bonds is 19. The van der Waals surface area contributed by atoms with Gasteiger partial charge >= 0.3 is 5.97 Å². The highest BCUT2D eigenvalue weighted by Crippen LogP contribution is 2.51. The van der Waals surface area contributed by atoms with Crippen molar-refractivity contribution < 1.29 is 38.2 Å². The molecule has 0 bridgehead atoms. The van der Waals surface area contributed by atoms with Crippen LogP contribution >= 0.6 is 0 Å². The second kappa shape index (κ2) is 18.8. The van der Waals surface area contributed by atoms with Gasteiger partial charge in [-0.3, -0.25) is 29.4 Å². The molecule has 0 aromatic heterocycles. The molecule has 2 aliphatic rings. The van der Waals surface area contributed by atoms with Crippen LogP contribution in [0, 0.1) is 17.8 Å². The van der Waals surface area contributed by atoms with Gasteiger partial charge in [-0.05, 0) is 64.0 Å². The molecule has 13 heteroatoms. The summed E-state index contributed by atoms with van der Waals surface area (Å²) in [5.41, 5.74) is 5.16. The average Bonchev–Trinajstić information content (AvgIpc) is 3.78. The van der Waals surface area contributed by atoms with E-state index in [0.717, 1.165) is 31.2 Å². The summed E-state index contributed by atoms with van der Waals surface area (Å²) < 4.78 is 17.2. The molecule has 53 heavy (non-hydrogen) atoms. The highest BCUT2D eigenvalue weighted by molar-refractivity contribution is 6.01. The van der Waals surface area contributed by atoms with Crippen LogP contribution in [0.15, 0.2) is 30.3 Å². The molecule has 4 amide bonds. The summed E-state index contributed by atoms with van der Waals surface area (Å²) in [6.45, 7) is 13.3. The minimum Gasteiger partial charge on any atom is -0.467 e. The Morgan fingerprint density at radius 3 is 2.11 bits per heavy atom. The van der Waals surface area contributed by atoms with Crippen molar-refractivity contribution in [3.8, 4) is 0 Å². The Kier molecular flexibility index (Phi) is 15.6. The fraction of sp³-hybridized carbons (Fsp3) is 0.725. The molecular weight excluding hydrogens is 678 g/mol. The number of methoxy groups -OCH3 is 3. The van der Waals surface area contributed by atoms with Gasteiger partial charge in [0.05, 0.1) is 49.3 Å². The molecular formula is C40H65N5O8. The quantitative estimate of drug-likeness (QED) is 0.179. The zero-order chi connectivity index (χ0) is 39.8. The monoisotopic (exact) mass is 743 g/mol. The van der Waals surface area contributed by atoms with Gasteiger partial charge in [-0.25, -0.2) is 4.79 Å². The first-order valence-corrected chi connectivity index (χ1v) is 19.0. The predicted molar refractivity (Wildman–Crippen MR) is 202 cm³/mol. The Bertz CT molecular complexity index is 1410. The van der Waals surface area contributed by atoms with Gasteiger partial charge in [-0.2, -0.15) is 0 Å². The summed E-state index contributed by atoms with van der Waals surface area (Å²) in [6.07, 6.45) is 2.42. The van der Waals surface area contributed by atoms with Gasteiger partial charge in [-0.15, -0.1) is 0 Å². The predicted octanol–water partition coefficient (Wildman–Crippen LogP) is 3.17. The molecule has 1 saturated heterocycles. The molecule has 1 aliphatic heterocycles. The zero-order valence-electron chi connectivity index (χ0n) is 33.8. The Hall–Kier alpha value is -3.39. The summed E-state index contributed by atoms with van der Waals surface area (Å²) in [7, 11) is 6.27. The number of ether oxygens (including phenoxy) is 3. The SMILES string of the molecule is CC[C@H](C)[C@@H]([C@@H](CC(=O)N1CCC[C@H]1[C@H](OC)[C@@H](C)C(=O)N[C@H](C(=O)OC)C1(c2ccccc2)CC1)OC)N(C)[C@H](C(=O)NC(=O)C(C)(C)N)C(C)C. The Labute approximate surface area is 316 Å². The number of nitrogens with one attached hydrogen (secondary N) is 2. The Balaban J connectivity index is 1.81. The Morgan fingerprint density at radius 1 is 1.00 bits per heavy atom. The summed E-state index contributed by atoms with van der Waals surface area (Å²) in [5, 5.41) is 5.49. The van der Waals surface area contributed by atoms with Gasteiger partial charge in [0.1, 0.15) is 6.04 Å². The van der Waals surface area contributed by atoms with E-state index in [9.17, 15) is 24.0 Å². The van der Waals surface area contributed by atoms with E-state index in [0.29, 0.717) is 13.0 Å². The zero-order valence-corrected chi connectivity index (χ0v) is 33.8. The van der Waals surface area contributed by atoms with Crippen LogP contribution in [0.25, 0.3) is 0 Å². The van der Waals surface area contributed by atoms with Crippen LogP contribution < -0.4 is 16.4 Å². The number of likely N-dealkylation sites (tertiary alicyclic amines) is 1. The number of hydrogen-bond acceptors (Lipinski definition) is 10. The van der Waals surface area contributed by atoms with Gasteiger partial charge in [-0.1, -0.05) is 71.4 Å². The maximum absolute atomic E-state index is 14.2. The molecule has 13 nitrogen and oxygen atoms in total. The normalized spacial score (nSPS) is 20.9. The van der Waals surface area contributed by atoms with Crippen molar-refractivity contribution in [2.24, 2.45) is 23.5 Å². The molecule has 298 valence electrons. The lowest BCUT2D eigenvalue weighted by Crippen LogP contribution is -2.60. The lowest BCUT2D eigenvalue weighted by molar-refractivity contribution is -0.148. The molecule has 2 fully saturated rings. The molecule has 1 heterocycles. The summed E-state index contributed by atoms with van der Waals surface area (Å²) in [4.78, 5) is 71.2. The average molecular weight is 744 g/mol. The second-order valence-corrected chi connectivity index (χ2v) is 16.0. The van der Waals surface area contributed by atoms with Crippen molar-refractivity contribution in [1.29, 1.82) is 0 Å². The van der Waals surface area contributed by atoms with E-state index in [1.54, 1.807) is 39.9 Å². The van der Waals surface area contributed by atoms with E-state index in [2.05, 4.69) is 17.6 Å². The molecule has 1 aliphatic carbocycles. The maximum Gasteiger partial charge on any atom is 0.329 e. The van der Waals surface area contributed by atoms with Crippen LogP contribution in [0.5, 0.6) is 0 Å². The van der Waals surface area contributed by atoms with Crippen LogP contribution in [0.4, 0.5) is 0 Å². The lowest BCUT2D eigenvalue weighted by atomic mass is 9.86. The Morgan fingerprint density at radius 2 is 1.62 bits per heavy atom. The first-order chi connectivity index (χ1) is 24.9. The number of carbonyl (C=O) groups excluding carboxylic acids is 5. The van der Waals surface area contributed by atoms with E-state index in [-0.39, 0.29) is 42.2 Å². The van der Waals surface area contributed by atoms with Gasteiger partial charge < -0.3 is 30.2 Å². The van der Waals surface area contributed by atoms with E-state index >= 15 is 0 Å². The minimum absolute atomic E-state index is 0.0201. The number of likely N-dealkylation sites (N-methyl/N-ethyl adjacent to an activating group) is 1. The molecule has 1 aromatic carbocycles. The first kappa shape index (κ1) is 44.0. The molecule has 1 aromatic rings.